The minimum Gasteiger partial charge on any atom is -0.493 e. The van der Waals surface area contributed by atoms with Crippen molar-refractivity contribution in [1.29, 1.82) is 0 Å². The summed E-state index contributed by atoms with van der Waals surface area (Å²) in [4.78, 5) is 0. The van der Waals surface area contributed by atoms with E-state index in [-0.39, 0.29) is 0 Å². The fourth-order valence-electron chi connectivity index (χ4n) is 1.99. The highest BCUT2D eigenvalue weighted by molar-refractivity contribution is 5.47. The Morgan fingerprint density at radius 1 is 1.18 bits per heavy atom. The Kier molecular flexibility index (Phi) is 3.89. The van der Waals surface area contributed by atoms with Gasteiger partial charge in [-0.3, -0.25) is 0 Å². The maximum Gasteiger partial charge on any atom is 0.161 e. The first-order valence-corrected chi connectivity index (χ1v) is 6.19. The minimum absolute atomic E-state index is 0.774. The van der Waals surface area contributed by atoms with Gasteiger partial charge in [-0.15, -0.1) is 0 Å². The maximum absolute atomic E-state index is 5.33. The van der Waals surface area contributed by atoms with Crippen LogP contribution < -0.4 is 14.8 Å². The monoisotopic (exact) mass is 235 g/mol. The molecule has 1 saturated carbocycles. The Balaban J connectivity index is 2.03. The van der Waals surface area contributed by atoms with Gasteiger partial charge in [0.1, 0.15) is 0 Å². The molecule has 3 heteroatoms. The number of rotatable bonds is 6. The number of hydrogen-bond acceptors (Lipinski definition) is 3. The number of methoxy groups -OCH3 is 2. The summed E-state index contributed by atoms with van der Waals surface area (Å²) in [7, 11) is 3.35. The van der Waals surface area contributed by atoms with E-state index in [0.717, 1.165) is 30.5 Å². The lowest BCUT2D eigenvalue weighted by Crippen LogP contribution is -2.19. The molecule has 1 aromatic carbocycles. The average molecular weight is 235 g/mol. The zero-order valence-corrected chi connectivity index (χ0v) is 10.9. The highest BCUT2D eigenvalue weighted by atomic mass is 16.5. The van der Waals surface area contributed by atoms with E-state index in [0.29, 0.717) is 0 Å². The van der Waals surface area contributed by atoms with Crippen molar-refractivity contribution in [2.24, 2.45) is 0 Å². The normalized spacial score (nSPS) is 14.8. The van der Waals surface area contributed by atoms with E-state index in [4.69, 9.17) is 9.47 Å². The number of nitrogens with one attached hydrogen (secondary N) is 1. The second-order valence-electron chi connectivity index (χ2n) is 4.61. The fourth-order valence-corrected chi connectivity index (χ4v) is 1.99. The summed E-state index contributed by atoms with van der Waals surface area (Å²) in [6.45, 7) is 3.16. The standard InChI is InChI=1S/C14H21NO2/c1-10-8-13(16-2)14(17-3)9-11(10)6-7-15-12-4-5-12/h8-9,12,15H,4-7H2,1-3H3. The molecule has 0 aromatic heterocycles. The summed E-state index contributed by atoms with van der Waals surface area (Å²) in [6, 6.07) is 4.91. The Morgan fingerprint density at radius 2 is 1.82 bits per heavy atom. The third-order valence-electron chi connectivity index (χ3n) is 3.25. The predicted octanol–water partition coefficient (Wildman–Crippen LogP) is 2.31. The van der Waals surface area contributed by atoms with Crippen molar-refractivity contribution in [2.75, 3.05) is 20.8 Å². The van der Waals surface area contributed by atoms with Crippen molar-refractivity contribution in [3.05, 3.63) is 23.3 Å². The molecule has 2 rings (SSSR count). The highest BCUT2D eigenvalue weighted by Crippen LogP contribution is 2.30. The van der Waals surface area contributed by atoms with Crippen LogP contribution in [-0.2, 0) is 6.42 Å². The van der Waals surface area contributed by atoms with Crippen LogP contribution in [0.2, 0.25) is 0 Å². The summed E-state index contributed by atoms with van der Waals surface area (Å²) in [6.07, 6.45) is 3.72. The Hall–Kier alpha value is -1.22. The molecule has 1 aromatic rings. The lowest BCUT2D eigenvalue weighted by atomic mass is 10.0. The van der Waals surface area contributed by atoms with Crippen molar-refractivity contribution in [2.45, 2.75) is 32.2 Å². The number of ether oxygens (including phenoxy) is 2. The van der Waals surface area contributed by atoms with Gasteiger partial charge in [-0.05, 0) is 56.0 Å². The van der Waals surface area contributed by atoms with Crippen LogP contribution in [0.25, 0.3) is 0 Å². The molecular formula is C14H21NO2. The highest BCUT2D eigenvalue weighted by Gasteiger charge is 2.19. The lowest BCUT2D eigenvalue weighted by molar-refractivity contribution is 0.354. The Morgan fingerprint density at radius 3 is 2.41 bits per heavy atom. The molecule has 0 radical (unpaired) electrons. The molecule has 1 aliphatic carbocycles. The van der Waals surface area contributed by atoms with Crippen molar-refractivity contribution in [3.63, 3.8) is 0 Å². The van der Waals surface area contributed by atoms with Crippen LogP contribution in [0.3, 0.4) is 0 Å². The van der Waals surface area contributed by atoms with E-state index in [1.165, 1.54) is 24.0 Å². The molecule has 94 valence electrons. The second kappa shape index (κ2) is 5.41. The fraction of sp³-hybridized carbons (Fsp3) is 0.571. The van der Waals surface area contributed by atoms with Gasteiger partial charge in [-0.25, -0.2) is 0 Å². The number of benzene rings is 1. The Labute approximate surface area is 103 Å². The quantitative estimate of drug-likeness (QED) is 0.820. The molecule has 1 fully saturated rings. The molecule has 0 spiro atoms. The molecule has 0 atom stereocenters. The molecule has 0 aliphatic heterocycles. The molecule has 0 bridgehead atoms. The molecule has 3 nitrogen and oxygen atoms in total. The largest absolute Gasteiger partial charge is 0.493 e. The van der Waals surface area contributed by atoms with Crippen LogP contribution in [0.1, 0.15) is 24.0 Å². The van der Waals surface area contributed by atoms with E-state index >= 15 is 0 Å². The van der Waals surface area contributed by atoms with Crippen molar-refractivity contribution in [1.82, 2.24) is 5.32 Å². The van der Waals surface area contributed by atoms with Crippen LogP contribution in [-0.4, -0.2) is 26.8 Å². The van der Waals surface area contributed by atoms with Crippen molar-refractivity contribution < 1.29 is 9.47 Å². The smallest absolute Gasteiger partial charge is 0.161 e. The second-order valence-corrected chi connectivity index (χ2v) is 4.61. The van der Waals surface area contributed by atoms with E-state index < -0.39 is 0 Å². The molecule has 1 N–H and O–H groups in total. The van der Waals surface area contributed by atoms with Gasteiger partial charge in [0.25, 0.3) is 0 Å². The number of aryl methyl sites for hydroxylation is 1. The van der Waals surface area contributed by atoms with Gasteiger partial charge in [-0.1, -0.05) is 0 Å². The van der Waals surface area contributed by atoms with Crippen LogP contribution in [0.5, 0.6) is 11.5 Å². The third kappa shape index (κ3) is 3.13. The molecular weight excluding hydrogens is 214 g/mol. The van der Waals surface area contributed by atoms with E-state index in [9.17, 15) is 0 Å². The van der Waals surface area contributed by atoms with Gasteiger partial charge in [0.05, 0.1) is 14.2 Å². The lowest BCUT2D eigenvalue weighted by Gasteiger charge is -2.13. The van der Waals surface area contributed by atoms with Gasteiger partial charge in [-0.2, -0.15) is 0 Å². The summed E-state index contributed by atoms with van der Waals surface area (Å²) >= 11 is 0. The number of hydrogen-bond donors (Lipinski definition) is 1. The maximum atomic E-state index is 5.33. The van der Waals surface area contributed by atoms with E-state index in [1.807, 2.05) is 6.07 Å². The Bertz CT molecular complexity index is 386. The zero-order valence-electron chi connectivity index (χ0n) is 10.9. The van der Waals surface area contributed by atoms with Crippen LogP contribution in [0.15, 0.2) is 12.1 Å². The SMILES string of the molecule is COc1cc(C)c(CCNC2CC2)cc1OC. The topological polar surface area (TPSA) is 30.5 Å². The van der Waals surface area contributed by atoms with Crippen LogP contribution in [0.4, 0.5) is 0 Å². The zero-order chi connectivity index (χ0) is 12.3. The molecule has 0 amide bonds. The van der Waals surface area contributed by atoms with E-state index in [1.54, 1.807) is 14.2 Å². The third-order valence-corrected chi connectivity index (χ3v) is 3.25. The predicted molar refractivity (Wildman–Crippen MR) is 69.0 cm³/mol. The molecule has 17 heavy (non-hydrogen) atoms. The summed E-state index contributed by atoms with van der Waals surface area (Å²) in [5, 5.41) is 3.53. The molecule has 1 aliphatic rings. The molecule has 0 heterocycles. The van der Waals surface area contributed by atoms with Gasteiger partial charge in [0.2, 0.25) is 0 Å². The summed E-state index contributed by atoms with van der Waals surface area (Å²) in [5.41, 5.74) is 2.59. The van der Waals surface area contributed by atoms with Gasteiger partial charge < -0.3 is 14.8 Å². The summed E-state index contributed by atoms with van der Waals surface area (Å²) in [5.74, 6) is 1.63. The first-order valence-electron chi connectivity index (χ1n) is 6.19. The molecule has 0 unspecified atom stereocenters. The van der Waals surface area contributed by atoms with Gasteiger partial charge in [0.15, 0.2) is 11.5 Å². The summed E-state index contributed by atoms with van der Waals surface area (Å²) < 4.78 is 10.6. The van der Waals surface area contributed by atoms with Crippen molar-refractivity contribution in [3.8, 4) is 11.5 Å². The minimum atomic E-state index is 0.774. The van der Waals surface area contributed by atoms with Gasteiger partial charge >= 0.3 is 0 Å². The first kappa shape index (κ1) is 12.2. The molecule has 0 saturated heterocycles. The van der Waals surface area contributed by atoms with E-state index in [2.05, 4.69) is 18.3 Å². The van der Waals surface area contributed by atoms with Crippen LogP contribution >= 0.6 is 0 Å². The van der Waals surface area contributed by atoms with Crippen molar-refractivity contribution >= 4 is 0 Å². The van der Waals surface area contributed by atoms with Crippen LogP contribution in [0, 0.1) is 6.92 Å². The van der Waals surface area contributed by atoms with Gasteiger partial charge in [0, 0.05) is 6.04 Å². The first-order chi connectivity index (χ1) is 8.24. The average Bonchev–Trinajstić information content (AvgIpc) is 3.14.